The highest BCUT2D eigenvalue weighted by Crippen LogP contribution is 2.29. The summed E-state index contributed by atoms with van der Waals surface area (Å²) < 4.78 is 10.8. The monoisotopic (exact) mass is 725 g/mol. The van der Waals surface area contributed by atoms with Crippen LogP contribution >= 0.6 is 0 Å². The Labute approximate surface area is 308 Å². The zero-order valence-corrected chi connectivity index (χ0v) is 31.3. The molecule has 0 saturated heterocycles. The highest BCUT2D eigenvalue weighted by Gasteiger charge is 2.32. The van der Waals surface area contributed by atoms with Crippen molar-refractivity contribution in [1.29, 1.82) is 0 Å². The van der Waals surface area contributed by atoms with Crippen LogP contribution in [0.5, 0.6) is 0 Å². The number of amides is 3. The first-order valence-electron chi connectivity index (χ1n) is 18.2. The predicted molar refractivity (Wildman–Crippen MR) is 202 cm³/mol. The summed E-state index contributed by atoms with van der Waals surface area (Å²) >= 11 is 0. The number of nitrogen functional groups attached to an aromatic ring is 1. The fourth-order valence-corrected chi connectivity index (χ4v) is 5.70. The van der Waals surface area contributed by atoms with Gasteiger partial charge in [-0.2, -0.15) is 0 Å². The molecule has 1 aliphatic heterocycles. The Morgan fingerprint density at radius 3 is 2.31 bits per heavy atom. The molecule has 14 heteroatoms. The van der Waals surface area contributed by atoms with Crippen LogP contribution in [0, 0.1) is 18.8 Å². The number of nitrogens with two attached hydrogens (primary N) is 1. The quantitative estimate of drug-likeness (QED) is 0.106. The number of hydrogen-bond donors (Lipinski definition) is 5. The van der Waals surface area contributed by atoms with Gasteiger partial charge in [0.1, 0.15) is 18.4 Å². The van der Waals surface area contributed by atoms with Gasteiger partial charge in [0.05, 0.1) is 32.5 Å². The van der Waals surface area contributed by atoms with Crippen molar-refractivity contribution >= 4 is 41.8 Å². The lowest BCUT2D eigenvalue weighted by Gasteiger charge is -2.25. The Morgan fingerprint density at radius 1 is 1.00 bits per heavy atom. The number of nitrogens with zero attached hydrogens (tertiary/aromatic N) is 2. The number of rotatable bonds is 19. The smallest absolute Gasteiger partial charge is 0.255 e. The van der Waals surface area contributed by atoms with Gasteiger partial charge in [-0.25, -0.2) is 4.98 Å². The lowest BCUT2D eigenvalue weighted by Crippen LogP contribution is -2.37. The van der Waals surface area contributed by atoms with Crippen molar-refractivity contribution in [2.75, 3.05) is 71.2 Å². The van der Waals surface area contributed by atoms with E-state index in [4.69, 9.17) is 15.2 Å². The van der Waals surface area contributed by atoms with Crippen LogP contribution in [0.3, 0.4) is 0 Å². The first kappa shape index (κ1) is 43.8. The number of anilines is 2. The second kappa shape index (κ2) is 25.5. The van der Waals surface area contributed by atoms with Gasteiger partial charge in [-0.05, 0) is 80.8 Å². The van der Waals surface area contributed by atoms with Gasteiger partial charge in [0.25, 0.3) is 5.91 Å². The van der Waals surface area contributed by atoms with E-state index in [1.807, 2.05) is 38.2 Å². The van der Waals surface area contributed by atoms with Gasteiger partial charge in [-0.3, -0.25) is 14.4 Å². The summed E-state index contributed by atoms with van der Waals surface area (Å²) in [6.45, 7) is 8.79. The number of carbonyl (C=O) groups is 5. The maximum Gasteiger partial charge on any atom is 0.255 e. The number of fused-ring (bicyclic) bond motifs is 1. The molecule has 0 spiro atoms. The van der Waals surface area contributed by atoms with Crippen molar-refractivity contribution < 1.29 is 33.4 Å². The van der Waals surface area contributed by atoms with Gasteiger partial charge in [0, 0.05) is 76.0 Å². The van der Waals surface area contributed by atoms with E-state index >= 15 is 0 Å². The highest BCUT2D eigenvalue weighted by atomic mass is 16.5. The summed E-state index contributed by atoms with van der Waals surface area (Å²) in [6, 6.07) is 10.5. The number of nitrogens with one attached hydrogen (secondary N) is 4. The van der Waals surface area contributed by atoms with Gasteiger partial charge in [0.15, 0.2) is 0 Å². The fourth-order valence-electron chi connectivity index (χ4n) is 5.70. The minimum Gasteiger partial charge on any atom is -0.388 e. The molecule has 0 radical (unpaired) electrons. The van der Waals surface area contributed by atoms with Gasteiger partial charge in [0.2, 0.25) is 11.8 Å². The summed E-state index contributed by atoms with van der Waals surface area (Å²) in [6.07, 6.45) is 7.09. The van der Waals surface area contributed by atoms with E-state index in [9.17, 15) is 24.0 Å². The molecule has 2 heterocycles. The minimum atomic E-state index is -0.569. The maximum atomic E-state index is 12.4. The molecule has 14 nitrogen and oxygen atoms in total. The van der Waals surface area contributed by atoms with Crippen LogP contribution in [-0.2, 0) is 35.2 Å². The number of aromatic nitrogens is 1. The van der Waals surface area contributed by atoms with E-state index in [1.54, 1.807) is 19.2 Å². The van der Waals surface area contributed by atoms with Crippen LogP contribution in [0.1, 0.15) is 73.5 Å². The zero-order valence-electron chi connectivity index (χ0n) is 31.3. The Morgan fingerprint density at radius 2 is 1.71 bits per heavy atom. The first-order chi connectivity index (χ1) is 25.1. The molecule has 1 aromatic carbocycles. The van der Waals surface area contributed by atoms with Crippen LogP contribution in [-0.4, -0.2) is 106 Å². The molecule has 1 atom stereocenters. The Hall–Kier alpha value is -4.40. The number of benzene rings is 1. The molecule has 1 aliphatic carbocycles. The van der Waals surface area contributed by atoms with Crippen LogP contribution in [0.25, 0.3) is 0 Å². The van der Waals surface area contributed by atoms with Crippen LogP contribution in [0.4, 0.5) is 11.5 Å². The predicted octanol–water partition coefficient (Wildman–Crippen LogP) is 2.89. The van der Waals surface area contributed by atoms with Gasteiger partial charge in [-0.15, -0.1) is 0 Å². The van der Waals surface area contributed by atoms with Gasteiger partial charge < -0.3 is 51.0 Å². The summed E-state index contributed by atoms with van der Waals surface area (Å²) in [4.78, 5) is 62.5. The molecule has 1 aromatic heterocycles. The highest BCUT2D eigenvalue weighted by molar-refractivity contribution is 6.00. The molecule has 288 valence electrons. The molecular weight excluding hydrogens is 666 g/mol. The normalized spacial score (nSPS) is 16.6. The molecule has 4 rings (SSSR count). The van der Waals surface area contributed by atoms with Crippen molar-refractivity contribution in [2.24, 2.45) is 11.8 Å². The third-order valence-corrected chi connectivity index (χ3v) is 8.81. The molecule has 2 aromatic rings. The van der Waals surface area contributed by atoms with E-state index in [0.717, 1.165) is 67.7 Å². The van der Waals surface area contributed by atoms with Crippen LogP contribution in [0.2, 0.25) is 0 Å². The summed E-state index contributed by atoms with van der Waals surface area (Å²) in [5.41, 5.74) is 8.76. The second-order valence-corrected chi connectivity index (χ2v) is 12.9. The standard InChI is InChI=1S/C17H32N2O4.C15H19N3O3.C6H8N2/c1-15-3-5-16(6-4-15)17(21)19-9-12-23-14-13-22-11-8-18-7-2-10-20;1-16-11-3-5-13-10(7-11)8-18(15(13)21)12(9-19)4-6-14(20)17-2;1-5-3-2-4-6(7)8-5/h10,15-16,18H,2-9,11-14H2,1H3,(H,19,21);3,5,7,9,12,16H,4,6,8H2,1-2H3,(H,17,20);2-4H,1H3,(H2,7,8). The van der Waals surface area contributed by atoms with E-state index in [2.05, 4.69) is 33.2 Å². The lowest BCUT2D eigenvalue weighted by atomic mass is 9.82. The molecule has 2 aliphatic rings. The summed E-state index contributed by atoms with van der Waals surface area (Å²) in [7, 11) is 3.36. The average molecular weight is 726 g/mol. The third kappa shape index (κ3) is 16.7. The first-order valence-corrected chi connectivity index (χ1v) is 18.2. The number of carbonyl (C=O) groups excluding carboxylic acids is 5. The second-order valence-electron chi connectivity index (χ2n) is 12.9. The van der Waals surface area contributed by atoms with E-state index in [1.165, 1.54) is 4.90 Å². The number of pyridine rings is 1. The van der Waals surface area contributed by atoms with Gasteiger partial charge in [-0.1, -0.05) is 13.0 Å². The minimum absolute atomic E-state index is 0.136. The molecule has 3 amide bonds. The molecule has 1 saturated carbocycles. The van der Waals surface area contributed by atoms with Crippen molar-refractivity contribution in [3.05, 3.63) is 53.2 Å². The fraction of sp³-hybridized carbons (Fsp3) is 0.579. The molecule has 1 fully saturated rings. The number of hydrogen-bond acceptors (Lipinski definition) is 11. The maximum absolute atomic E-state index is 12.4. The van der Waals surface area contributed by atoms with Gasteiger partial charge >= 0.3 is 0 Å². The Bertz CT molecular complexity index is 1370. The summed E-state index contributed by atoms with van der Waals surface area (Å²) in [5.74, 6) is 1.44. The summed E-state index contributed by atoms with van der Waals surface area (Å²) in [5, 5.41) is 11.6. The molecule has 6 N–H and O–H groups in total. The van der Waals surface area contributed by atoms with E-state index < -0.39 is 6.04 Å². The largest absolute Gasteiger partial charge is 0.388 e. The molecule has 1 unspecified atom stereocenters. The van der Waals surface area contributed by atoms with Crippen LogP contribution in [0.15, 0.2) is 36.4 Å². The van der Waals surface area contributed by atoms with E-state index in [-0.39, 0.29) is 30.1 Å². The van der Waals surface area contributed by atoms with Crippen molar-refractivity contribution in [3.63, 3.8) is 0 Å². The number of aryl methyl sites for hydroxylation is 1. The average Bonchev–Trinajstić information content (AvgIpc) is 3.47. The number of ether oxygens (including phenoxy) is 2. The SMILES string of the molecule is CC1CCC(C(=O)NCCOCCOCCNCCC=O)CC1.CNC(=O)CCC(C=O)N1Cc2cc(NC)ccc2C1=O.Cc1cccc(N)n1. The lowest BCUT2D eigenvalue weighted by molar-refractivity contribution is -0.126. The Balaban J connectivity index is 0.000000298. The van der Waals surface area contributed by atoms with Crippen molar-refractivity contribution in [2.45, 2.75) is 71.4 Å². The Kier molecular flexibility index (Phi) is 21.5. The zero-order chi connectivity index (χ0) is 38.1. The van der Waals surface area contributed by atoms with Crippen LogP contribution < -0.4 is 27.0 Å². The van der Waals surface area contributed by atoms with Crippen molar-refractivity contribution in [1.82, 2.24) is 25.8 Å². The third-order valence-electron chi connectivity index (χ3n) is 8.81. The van der Waals surface area contributed by atoms with Crippen molar-refractivity contribution in [3.8, 4) is 0 Å². The van der Waals surface area contributed by atoms with E-state index in [0.29, 0.717) is 70.3 Å². The molecular formula is C38H59N7O7. The topological polar surface area (TPSA) is 194 Å². The molecule has 52 heavy (non-hydrogen) atoms. The number of aldehydes is 2. The molecule has 0 bridgehead atoms.